The number of ether oxygens (including phenoxy) is 4. The van der Waals surface area contributed by atoms with E-state index in [4.69, 9.17) is 18.9 Å². The first-order valence-electron chi connectivity index (χ1n) is 10.8. The van der Waals surface area contributed by atoms with E-state index in [9.17, 15) is 4.79 Å². The third kappa shape index (κ3) is 1.86. The molecule has 8 atom stereocenters. The van der Waals surface area contributed by atoms with Crippen molar-refractivity contribution in [2.75, 3.05) is 18.8 Å². The van der Waals surface area contributed by atoms with Crippen LogP contribution in [0.1, 0.15) is 46.5 Å². The van der Waals surface area contributed by atoms with Crippen LogP contribution in [0.5, 0.6) is 0 Å². The molecule has 2 saturated carbocycles. The van der Waals surface area contributed by atoms with Crippen LogP contribution < -0.4 is 0 Å². The minimum absolute atomic E-state index is 0.0135. The number of carbonyl (C=O) groups excluding carboxylic acids is 1. The molecule has 0 aromatic carbocycles. The fourth-order valence-corrected chi connectivity index (χ4v) is 7.92. The van der Waals surface area contributed by atoms with Crippen molar-refractivity contribution in [2.24, 2.45) is 23.2 Å². The minimum atomic E-state index is -0.298. The lowest BCUT2D eigenvalue weighted by molar-refractivity contribution is -0.136. The summed E-state index contributed by atoms with van der Waals surface area (Å²) in [4.78, 5) is 12.2. The molecule has 3 heterocycles. The van der Waals surface area contributed by atoms with Gasteiger partial charge in [-0.2, -0.15) is 0 Å². The topological polar surface area (TPSA) is 60.6 Å². The van der Waals surface area contributed by atoms with Gasteiger partial charge in [0, 0.05) is 11.0 Å². The number of cyclic esters (lactones) is 1. The minimum Gasteiger partial charge on any atom is -0.458 e. The Morgan fingerprint density at radius 3 is 2.82 bits per heavy atom. The van der Waals surface area contributed by atoms with Gasteiger partial charge < -0.3 is 18.9 Å². The lowest BCUT2D eigenvalue weighted by atomic mass is 9.46. The highest BCUT2D eigenvalue weighted by Crippen LogP contribution is 2.79. The summed E-state index contributed by atoms with van der Waals surface area (Å²) in [5.41, 5.74) is 1.61. The van der Waals surface area contributed by atoms with E-state index in [1.165, 1.54) is 5.57 Å². The molecule has 6 rings (SSSR count). The van der Waals surface area contributed by atoms with E-state index in [0.717, 1.165) is 31.3 Å². The van der Waals surface area contributed by atoms with Crippen LogP contribution in [0.25, 0.3) is 0 Å². The maximum Gasteiger partial charge on any atom is 0.334 e. The van der Waals surface area contributed by atoms with Crippen molar-refractivity contribution in [2.45, 2.75) is 76.0 Å². The van der Waals surface area contributed by atoms with Gasteiger partial charge in [-0.25, -0.2) is 4.79 Å². The zero-order chi connectivity index (χ0) is 19.5. The number of rotatable bonds is 4. The predicted molar refractivity (Wildman–Crippen MR) is 105 cm³/mol. The average Bonchev–Trinajstić information content (AvgIpc) is 3.54. The maximum absolute atomic E-state index is 12.2. The van der Waals surface area contributed by atoms with Crippen molar-refractivity contribution in [3.05, 3.63) is 11.1 Å². The van der Waals surface area contributed by atoms with Gasteiger partial charge in [-0.3, -0.25) is 0 Å². The van der Waals surface area contributed by atoms with Crippen molar-refractivity contribution in [3.8, 4) is 0 Å². The number of esters is 1. The van der Waals surface area contributed by atoms with Crippen molar-refractivity contribution >= 4 is 17.7 Å². The molecule has 2 spiro atoms. The van der Waals surface area contributed by atoms with Crippen LogP contribution >= 0.6 is 11.8 Å². The number of hydrogen-bond acceptors (Lipinski definition) is 6. The summed E-state index contributed by atoms with van der Waals surface area (Å²) in [7, 11) is 0. The molecule has 0 amide bonds. The summed E-state index contributed by atoms with van der Waals surface area (Å²) in [5.74, 6) is 1.93. The van der Waals surface area contributed by atoms with Gasteiger partial charge in [0.1, 0.15) is 12.2 Å². The molecule has 0 bridgehead atoms. The van der Waals surface area contributed by atoms with E-state index in [1.807, 2.05) is 0 Å². The largest absolute Gasteiger partial charge is 0.458 e. The Balaban J connectivity index is 1.43. The van der Waals surface area contributed by atoms with Gasteiger partial charge in [-0.15, -0.1) is 11.8 Å². The average molecular weight is 407 g/mol. The third-order valence-electron chi connectivity index (χ3n) is 8.96. The van der Waals surface area contributed by atoms with Crippen molar-refractivity contribution in [1.82, 2.24) is 0 Å². The molecule has 0 radical (unpaired) electrons. The summed E-state index contributed by atoms with van der Waals surface area (Å²) in [6, 6.07) is 0. The molecule has 5 nitrogen and oxygen atoms in total. The zero-order valence-corrected chi connectivity index (χ0v) is 18.0. The predicted octanol–water partition coefficient (Wildman–Crippen LogP) is 3.32. The quantitative estimate of drug-likeness (QED) is 0.406. The zero-order valence-electron chi connectivity index (χ0n) is 17.2. The Hall–Kier alpha value is -0.560. The van der Waals surface area contributed by atoms with E-state index in [-0.39, 0.29) is 40.9 Å². The van der Waals surface area contributed by atoms with Crippen LogP contribution in [-0.4, -0.2) is 54.3 Å². The van der Waals surface area contributed by atoms with Crippen LogP contribution in [0.2, 0.25) is 0 Å². The van der Waals surface area contributed by atoms with E-state index in [2.05, 4.69) is 27.0 Å². The van der Waals surface area contributed by atoms with E-state index < -0.39 is 0 Å². The summed E-state index contributed by atoms with van der Waals surface area (Å²) in [6.45, 7) is 7.47. The first-order chi connectivity index (χ1) is 13.4. The fraction of sp³-hybridized carbons (Fsp3) is 0.864. The number of fused-ring (bicyclic) bond motifs is 2. The van der Waals surface area contributed by atoms with E-state index in [0.29, 0.717) is 30.3 Å². The number of epoxide rings is 2. The molecule has 0 aromatic rings. The molecule has 6 heteroatoms. The monoisotopic (exact) mass is 406 g/mol. The van der Waals surface area contributed by atoms with Crippen LogP contribution in [0.4, 0.5) is 0 Å². The molecule has 3 aliphatic heterocycles. The molecule has 154 valence electrons. The van der Waals surface area contributed by atoms with Gasteiger partial charge in [0.05, 0.1) is 24.3 Å². The second-order valence-electron chi connectivity index (χ2n) is 10.2. The molecule has 0 N–H and O–H groups in total. The molecule has 0 aromatic heterocycles. The Bertz CT molecular complexity index is 779. The van der Waals surface area contributed by atoms with Gasteiger partial charge >= 0.3 is 5.97 Å². The van der Waals surface area contributed by atoms with Crippen molar-refractivity contribution in [3.63, 3.8) is 0 Å². The standard InChI is InChI=1S/C22H30O5S/c1-11(2)13-7-17-22(27-17)20(3)6-5-12-14(9-24-19(12)23)15(20)8-16-21(22,26-16)18(13)25-10-28-4/h11,13,15-18H,5-10H2,1-4H3. The van der Waals surface area contributed by atoms with Crippen molar-refractivity contribution < 1.29 is 23.7 Å². The Labute approximate surface area is 170 Å². The van der Waals surface area contributed by atoms with Gasteiger partial charge in [0.25, 0.3) is 0 Å². The van der Waals surface area contributed by atoms with E-state index >= 15 is 0 Å². The SMILES string of the molecule is CSCOC1C(C(C)C)CC2OC23C2(C)CCC4=C(COC4=O)C2CC2OC213. The summed E-state index contributed by atoms with van der Waals surface area (Å²) < 4.78 is 25.3. The Morgan fingerprint density at radius 1 is 1.25 bits per heavy atom. The second-order valence-corrected chi connectivity index (χ2v) is 11.0. The van der Waals surface area contributed by atoms with Crippen LogP contribution in [0.3, 0.4) is 0 Å². The second kappa shape index (κ2) is 5.57. The molecular weight excluding hydrogens is 376 g/mol. The molecule has 8 unspecified atom stereocenters. The third-order valence-corrected chi connectivity index (χ3v) is 9.33. The number of hydrogen-bond donors (Lipinski definition) is 0. The summed E-state index contributed by atoms with van der Waals surface area (Å²) in [6.07, 6.45) is 6.42. The van der Waals surface area contributed by atoms with E-state index in [1.54, 1.807) is 11.8 Å². The first-order valence-corrected chi connectivity index (χ1v) is 12.2. The highest BCUT2D eigenvalue weighted by atomic mass is 32.2. The number of carbonyl (C=O) groups is 1. The molecule has 28 heavy (non-hydrogen) atoms. The molecule has 4 fully saturated rings. The molecular formula is C22H30O5S. The lowest BCUT2D eigenvalue weighted by Gasteiger charge is -2.54. The number of thioether (sulfide) groups is 1. The van der Waals surface area contributed by atoms with Gasteiger partial charge in [0.15, 0.2) is 5.60 Å². The van der Waals surface area contributed by atoms with Crippen LogP contribution in [0, 0.1) is 23.2 Å². The van der Waals surface area contributed by atoms with Crippen LogP contribution in [-0.2, 0) is 23.7 Å². The lowest BCUT2D eigenvalue weighted by Crippen LogP contribution is -2.67. The molecule has 3 aliphatic carbocycles. The maximum atomic E-state index is 12.2. The highest BCUT2D eigenvalue weighted by molar-refractivity contribution is 7.98. The molecule has 2 saturated heterocycles. The van der Waals surface area contributed by atoms with Gasteiger partial charge in [-0.1, -0.05) is 20.8 Å². The first kappa shape index (κ1) is 18.2. The normalized spacial score (nSPS) is 53.0. The highest BCUT2D eigenvalue weighted by Gasteiger charge is 2.93. The fourth-order valence-electron chi connectivity index (χ4n) is 7.64. The van der Waals surface area contributed by atoms with Gasteiger partial charge in [-0.05, 0) is 55.3 Å². The van der Waals surface area contributed by atoms with Gasteiger partial charge in [0.2, 0.25) is 0 Å². The Morgan fingerprint density at radius 2 is 2.07 bits per heavy atom. The summed E-state index contributed by atoms with van der Waals surface area (Å²) in [5, 5.41) is 0. The van der Waals surface area contributed by atoms with Crippen molar-refractivity contribution in [1.29, 1.82) is 0 Å². The summed E-state index contributed by atoms with van der Waals surface area (Å²) >= 11 is 1.73. The Kier molecular flexibility index (Phi) is 3.62. The smallest absolute Gasteiger partial charge is 0.334 e. The van der Waals surface area contributed by atoms with Crippen LogP contribution in [0.15, 0.2) is 11.1 Å². The molecule has 6 aliphatic rings.